The van der Waals surface area contributed by atoms with E-state index in [1.165, 1.54) is 0 Å². The first-order chi connectivity index (χ1) is 9.31. The predicted octanol–water partition coefficient (Wildman–Crippen LogP) is 2.48. The van der Waals surface area contributed by atoms with Crippen LogP contribution in [0.15, 0.2) is 53.9 Å². The smallest absolute Gasteiger partial charge is 0.140 e. The number of rotatable bonds is 5. The topological polar surface area (TPSA) is 54.7 Å². The fourth-order valence-corrected chi connectivity index (χ4v) is 1.66. The number of aliphatic hydroxyl groups excluding tert-OH is 1. The van der Waals surface area contributed by atoms with Crippen LogP contribution in [-0.4, -0.2) is 29.0 Å². The zero-order chi connectivity index (χ0) is 13.5. The van der Waals surface area contributed by atoms with Crippen molar-refractivity contribution in [3.63, 3.8) is 0 Å². The quantitative estimate of drug-likeness (QED) is 0.508. The fraction of sp³-hybridized carbons (Fsp3) is 0.200. The molecular formula is C15H16N2O2. The van der Waals surface area contributed by atoms with Gasteiger partial charge in [0.15, 0.2) is 0 Å². The molecule has 1 heterocycles. The number of aromatic nitrogens is 1. The monoisotopic (exact) mass is 256 g/mol. The summed E-state index contributed by atoms with van der Waals surface area (Å²) in [5, 5.41) is 12.6. The number of nitrogens with zero attached hydrogens (tertiary/aromatic N) is 2. The average molecular weight is 256 g/mol. The second kappa shape index (κ2) is 6.66. The second-order valence-corrected chi connectivity index (χ2v) is 4.06. The van der Waals surface area contributed by atoms with Gasteiger partial charge in [0.25, 0.3) is 0 Å². The van der Waals surface area contributed by atoms with Crippen LogP contribution in [0.3, 0.4) is 0 Å². The maximum Gasteiger partial charge on any atom is 0.140 e. The Hall–Kier alpha value is -2.20. The van der Waals surface area contributed by atoms with Gasteiger partial charge in [-0.1, -0.05) is 35.5 Å². The molecule has 1 aromatic heterocycles. The van der Waals surface area contributed by atoms with Crippen molar-refractivity contribution in [2.24, 2.45) is 5.16 Å². The molecule has 0 saturated carbocycles. The van der Waals surface area contributed by atoms with Gasteiger partial charge < -0.3 is 9.94 Å². The highest BCUT2D eigenvalue weighted by molar-refractivity contribution is 5.98. The minimum Gasteiger partial charge on any atom is -0.393 e. The van der Waals surface area contributed by atoms with Gasteiger partial charge in [-0.15, -0.1) is 0 Å². The Balaban J connectivity index is 2.22. The summed E-state index contributed by atoms with van der Waals surface area (Å²) in [5.74, 6) is 0. The Labute approximate surface area is 112 Å². The number of aliphatic hydroxyl groups is 1. The molecule has 0 aliphatic carbocycles. The summed E-state index contributed by atoms with van der Waals surface area (Å²) in [5.41, 5.74) is 3.79. The maximum atomic E-state index is 8.64. The molecule has 1 N–H and O–H groups in total. The third-order valence-electron chi connectivity index (χ3n) is 2.65. The average Bonchev–Trinajstić information content (AvgIpc) is 2.48. The van der Waals surface area contributed by atoms with Crippen LogP contribution in [0.2, 0.25) is 0 Å². The molecule has 0 bridgehead atoms. The molecular weight excluding hydrogens is 240 g/mol. The van der Waals surface area contributed by atoms with E-state index < -0.39 is 0 Å². The Morgan fingerprint density at radius 2 is 2.00 bits per heavy atom. The summed E-state index contributed by atoms with van der Waals surface area (Å²) in [6.07, 6.45) is 3.56. The highest BCUT2D eigenvalue weighted by Gasteiger charge is 2.02. The first kappa shape index (κ1) is 13.2. The van der Waals surface area contributed by atoms with E-state index in [9.17, 15) is 0 Å². The Morgan fingerprint density at radius 3 is 2.74 bits per heavy atom. The zero-order valence-corrected chi connectivity index (χ0v) is 10.8. The molecule has 0 fully saturated rings. The van der Waals surface area contributed by atoms with Crippen LogP contribution in [0.1, 0.15) is 12.5 Å². The van der Waals surface area contributed by atoms with Gasteiger partial charge in [0.05, 0.1) is 12.3 Å². The van der Waals surface area contributed by atoms with E-state index in [1.54, 1.807) is 6.20 Å². The lowest BCUT2D eigenvalue weighted by Crippen LogP contribution is -2.00. The van der Waals surface area contributed by atoms with E-state index in [0.29, 0.717) is 0 Å². The highest BCUT2D eigenvalue weighted by Crippen LogP contribution is 2.19. The molecule has 0 radical (unpaired) electrons. The lowest BCUT2D eigenvalue weighted by atomic mass is 10.0. The van der Waals surface area contributed by atoms with Crippen LogP contribution in [0.25, 0.3) is 11.1 Å². The lowest BCUT2D eigenvalue weighted by Gasteiger charge is -2.05. The molecule has 0 amide bonds. The molecule has 0 unspecified atom stereocenters. The third kappa shape index (κ3) is 3.63. The van der Waals surface area contributed by atoms with Crippen molar-refractivity contribution in [1.82, 2.24) is 4.98 Å². The summed E-state index contributed by atoms with van der Waals surface area (Å²) >= 11 is 0. The minimum absolute atomic E-state index is 0.0426. The van der Waals surface area contributed by atoms with Crippen molar-refractivity contribution in [2.75, 3.05) is 13.2 Å². The summed E-state index contributed by atoms with van der Waals surface area (Å²) in [6, 6.07) is 12.1. The van der Waals surface area contributed by atoms with E-state index in [4.69, 9.17) is 9.94 Å². The van der Waals surface area contributed by atoms with Crippen LogP contribution in [0, 0.1) is 0 Å². The molecule has 4 heteroatoms. The molecule has 98 valence electrons. The summed E-state index contributed by atoms with van der Waals surface area (Å²) in [7, 11) is 0. The van der Waals surface area contributed by atoms with Crippen LogP contribution in [-0.2, 0) is 4.84 Å². The van der Waals surface area contributed by atoms with Gasteiger partial charge in [0.1, 0.15) is 6.61 Å². The summed E-state index contributed by atoms with van der Waals surface area (Å²) < 4.78 is 0. The van der Waals surface area contributed by atoms with E-state index in [2.05, 4.69) is 10.1 Å². The van der Waals surface area contributed by atoms with Gasteiger partial charge in [-0.05, 0) is 18.6 Å². The normalized spacial score (nSPS) is 11.4. The van der Waals surface area contributed by atoms with E-state index in [0.717, 1.165) is 22.4 Å². The van der Waals surface area contributed by atoms with Crippen molar-refractivity contribution in [2.45, 2.75) is 6.92 Å². The molecule has 4 nitrogen and oxygen atoms in total. The summed E-state index contributed by atoms with van der Waals surface area (Å²) in [4.78, 5) is 9.18. The van der Waals surface area contributed by atoms with Crippen molar-refractivity contribution < 1.29 is 9.94 Å². The number of pyridine rings is 1. The van der Waals surface area contributed by atoms with Gasteiger partial charge >= 0.3 is 0 Å². The van der Waals surface area contributed by atoms with Gasteiger partial charge in [0.2, 0.25) is 0 Å². The Kier molecular flexibility index (Phi) is 4.64. The Morgan fingerprint density at radius 1 is 1.21 bits per heavy atom. The van der Waals surface area contributed by atoms with Gasteiger partial charge in [0, 0.05) is 23.5 Å². The molecule has 2 rings (SSSR count). The fourth-order valence-electron chi connectivity index (χ4n) is 1.66. The molecule has 0 aliphatic heterocycles. The molecule has 2 aromatic rings. The third-order valence-corrected chi connectivity index (χ3v) is 2.65. The van der Waals surface area contributed by atoms with Crippen molar-refractivity contribution in [3.8, 4) is 11.1 Å². The van der Waals surface area contributed by atoms with Crippen LogP contribution < -0.4 is 0 Å². The van der Waals surface area contributed by atoms with E-state index in [-0.39, 0.29) is 13.2 Å². The van der Waals surface area contributed by atoms with Crippen molar-refractivity contribution in [1.29, 1.82) is 0 Å². The number of hydrogen-bond donors (Lipinski definition) is 1. The van der Waals surface area contributed by atoms with Crippen molar-refractivity contribution >= 4 is 5.71 Å². The second-order valence-electron chi connectivity index (χ2n) is 4.06. The molecule has 19 heavy (non-hydrogen) atoms. The molecule has 0 spiro atoms. The van der Waals surface area contributed by atoms with Crippen LogP contribution in [0.4, 0.5) is 0 Å². The summed E-state index contributed by atoms with van der Waals surface area (Å²) in [6.45, 7) is 2.01. The van der Waals surface area contributed by atoms with Crippen molar-refractivity contribution in [3.05, 3.63) is 54.4 Å². The van der Waals surface area contributed by atoms with E-state index in [1.807, 2.05) is 49.5 Å². The first-order valence-electron chi connectivity index (χ1n) is 6.09. The predicted molar refractivity (Wildman–Crippen MR) is 74.9 cm³/mol. The van der Waals surface area contributed by atoms with Crippen LogP contribution in [0.5, 0.6) is 0 Å². The number of oxime groups is 1. The minimum atomic E-state index is -0.0426. The maximum absolute atomic E-state index is 8.64. The van der Waals surface area contributed by atoms with Gasteiger partial charge in [-0.2, -0.15) is 0 Å². The number of benzene rings is 1. The van der Waals surface area contributed by atoms with Gasteiger partial charge in [-0.25, -0.2) is 0 Å². The number of hydrogen-bond acceptors (Lipinski definition) is 4. The van der Waals surface area contributed by atoms with Gasteiger partial charge in [-0.3, -0.25) is 4.98 Å². The Bertz CT molecular complexity index is 553. The largest absolute Gasteiger partial charge is 0.393 e. The molecule has 1 aromatic carbocycles. The van der Waals surface area contributed by atoms with E-state index >= 15 is 0 Å². The zero-order valence-electron chi connectivity index (χ0n) is 10.8. The lowest BCUT2D eigenvalue weighted by molar-refractivity contribution is 0.0986. The first-order valence-corrected chi connectivity index (χ1v) is 6.09. The standard InChI is InChI=1S/C15H16N2O2/c1-12(17-19-8-7-18)14-9-15(11-16-10-14)13-5-3-2-4-6-13/h2-6,9-11,18H,7-8H2,1H3. The molecule has 0 atom stereocenters. The SMILES string of the molecule is CC(=NOCCO)c1cncc(-c2ccccc2)c1. The molecule has 0 aliphatic rings. The van der Waals surface area contributed by atoms with Crippen LogP contribution >= 0.6 is 0 Å². The highest BCUT2D eigenvalue weighted by atomic mass is 16.6. The molecule has 0 saturated heterocycles.